The van der Waals surface area contributed by atoms with E-state index in [4.69, 9.17) is 5.11 Å². The van der Waals surface area contributed by atoms with E-state index in [0.29, 0.717) is 30.6 Å². The summed E-state index contributed by atoms with van der Waals surface area (Å²) >= 11 is 0. The molecule has 1 atom stereocenters. The SMILES string of the molecule is CCC(=O)Nc1ccc(NC(=O)NC(CCC(=O)O)Cc2ccccc2)cc1. The van der Waals surface area contributed by atoms with Crippen LogP contribution in [0.1, 0.15) is 31.7 Å². The molecule has 0 saturated heterocycles. The molecule has 0 aliphatic carbocycles. The number of hydrogen-bond acceptors (Lipinski definition) is 3. The smallest absolute Gasteiger partial charge is 0.319 e. The van der Waals surface area contributed by atoms with E-state index in [1.54, 1.807) is 31.2 Å². The standard InChI is InChI=1S/C21H25N3O4/c1-2-19(25)22-16-8-10-17(11-9-16)23-21(28)24-18(12-13-20(26)27)14-15-6-4-3-5-7-15/h3-11,18H,2,12-14H2,1H3,(H,22,25)(H,26,27)(H2,23,24,28). The second kappa shape index (κ2) is 10.7. The van der Waals surface area contributed by atoms with Crippen LogP contribution >= 0.6 is 0 Å². The van der Waals surface area contributed by atoms with Gasteiger partial charge in [-0.25, -0.2) is 4.79 Å². The summed E-state index contributed by atoms with van der Waals surface area (Å²) in [7, 11) is 0. The highest BCUT2D eigenvalue weighted by Gasteiger charge is 2.15. The minimum absolute atomic E-state index is 0.0242. The fourth-order valence-corrected chi connectivity index (χ4v) is 2.66. The number of nitrogens with one attached hydrogen (secondary N) is 3. The van der Waals surface area contributed by atoms with E-state index in [9.17, 15) is 14.4 Å². The van der Waals surface area contributed by atoms with Gasteiger partial charge in [0, 0.05) is 30.3 Å². The minimum Gasteiger partial charge on any atom is -0.481 e. The van der Waals surface area contributed by atoms with E-state index in [2.05, 4.69) is 16.0 Å². The molecule has 0 aromatic heterocycles. The van der Waals surface area contributed by atoms with Crippen LogP contribution in [0.3, 0.4) is 0 Å². The lowest BCUT2D eigenvalue weighted by Crippen LogP contribution is -2.39. The van der Waals surface area contributed by atoms with E-state index >= 15 is 0 Å². The third-order valence-corrected chi connectivity index (χ3v) is 4.11. The normalized spacial score (nSPS) is 11.3. The van der Waals surface area contributed by atoms with Crippen LogP contribution in [0, 0.1) is 0 Å². The maximum atomic E-state index is 12.3. The van der Waals surface area contributed by atoms with Crippen LogP contribution in [0.2, 0.25) is 0 Å². The zero-order valence-electron chi connectivity index (χ0n) is 15.8. The van der Waals surface area contributed by atoms with Gasteiger partial charge in [0.1, 0.15) is 0 Å². The van der Waals surface area contributed by atoms with Crippen molar-refractivity contribution in [2.24, 2.45) is 0 Å². The second-order valence-electron chi connectivity index (χ2n) is 6.40. The monoisotopic (exact) mass is 383 g/mol. The highest BCUT2D eigenvalue weighted by Crippen LogP contribution is 2.14. The van der Waals surface area contributed by atoms with Crippen molar-refractivity contribution in [1.82, 2.24) is 5.32 Å². The van der Waals surface area contributed by atoms with Crippen molar-refractivity contribution in [2.45, 2.75) is 38.6 Å². The van der Waals surface area contributed by atoms with Gasteiger partial charge in [-0.15, -0.1) is 0 Å². The van der Waals surface area contributed by atoms with E-state index in [1.807, 2.05) is 30.3 Å². The Bertz CT molecular complexity index is 791. The molecule has 0 fully saturated rings. The number of carboxylic acids is 1. The molecule has 2 aromatic rings. The number of hydrogen-bond donors (Lipinski definition) is 4. The van der Waals surface area contributed by atoms with E-state index in [0.717, 1.165) is 5.56 Å². The van der Waals surface area contributed by atoms with Gasteiger partial charge in [-0.1, -0.05) is 37.3 Å². The molecule has 0 radical (unpaired) electrons. The van der Waals surface area contributed by atoms with Crippen molar-refractivity contribution in [3.63, 3.8) is 0 Å². The molecular weight excluding hydrogens is 358 g/mol. The fourth-order valence-electron chi connectivity index (χ4n) is 2.66. The van der Waals surface area contributed by atoms with E-state index < -0.39 is 12.0 Å². The summed E-state index contributed by atoms with van der Waals surface area (Å²) in [5.74, 6) is -0.981. The van der Waals surface area contributed by atoms with Crippen molar-refractivity contribution in [2.75, 3.05) is 10.6 Å². The summed E-state index contributed by atoms with van der Waals surface area (Å²) in [4.78, 5) is 34.6. The molecule has 2 aromatic carbocycles. The molecule has 0 bridgehead atoms. The van der Waals surface area contributed by atoms with Crippen molar-refractivity contribution in [3.05, 3.63) is 60.2 Å². The molecule has 2 rings (SSSR count). The number of carboxylic acid groups (broad SMARTS) is 1. The first kappa shape index (κ1) is 21.0. The number of amides is 3. The number of carbonyl (C=O) groups excluding carboxylic acids is 2. The lowest BCUT2D eigenvalue weighted by atomic mass is 10.0. The first-order valence-corrected chi connectivity index (χ1v) is 9.19. The lowest BCUT2D eigenvalue weighted by Gasteiger charge is -2.19. The van der Waals surface area contributed by atoms with Gasteiger partial charge in [0.05, 0.1) is 0 Å². The predicted molar refractivity (Wildman–Crippen MR) is 108 cm³/mol. The van der Waals surface area contributed by atoms with Crippen LogP contribution in [0.15, 0.2) is 54.6 Å². The summed E-state index contributed by atoms with van der Waals surface area (Å²) < 4.78 is 0. The van der Waals surface area contributed by atoms with Crippen LogP contribution in [-0.2, 0) is 16.0 Å². The minimum atomic E-state index is -0.898. The van der Waals surface area contributed by atoms with Crippen LogP contribution in [-0.4, -0.2) is 29.1 Å². The Morgan fingerprint density at radius 1 is 0.929 bits per heavy atom. The largest absolute Gasteiger partial charge is 0.481 e. The molecule has 28 heavy (non-hydrogen) atoms. The third-order valence-electron chi connectivity index (χ3n) is 4.11. The Morgan fingerprint density at radius 2 is 1.54 bits per heavy atom. The molecule has 148 valence electrons. The Hall–Kier alpha value is -3.35. The first-order valence-electron chi connectivity index (χ1n) is 9.19. The Balaban J connectivity index is 1.94. The van der Waals surface area contributed by atoms with Crippen molar-refractivity contribution in [1.29, 1.82) is 0 Å². The van der Waals surface area contributed by atoms with Crippen molar-refractivity contribution in [3.8, 4) is 0 Å². The van der Waals surface area contributed by atoms with Crippen LogP contribution in [0.25, 0.3) is 0 Å². The lowest BCUT2D eigenvalue weighted by molar-refractivity contribution is -0.137. The molecule has 0 saturated carbocycles. The van der Waals surface area contributed by atoms with E-state index in [-0.39, 0.29) is 18.4 Å². The highest BCUT2D eigenvalue weighted by molar-refractivity contribution is 5.92. The average Bonchev–Trinajstić information content (AvgIpc) is 2.68. The highest BCUT2D eigenvalue weighted by atomic mass is 16.4. The van der Waals surface area contributed by atoms with Gasteiger partial charge in [-0.05, 0) is 42.7 Å². The maximum Gasteiger partial charge on any atom is 0.319 e. The molecule has 7 nitrogen and oxygen atoms in total. The second-order valence-corrected chi connectivity index (χ2v) is 6.40. The zero-order chi connectivity index (χ0) is 20.4. The van der Waals surface area contributed by atoms with Crippen LogP contribution in [0.5, 0.6) is 0 Å². The maximum absolute atomic E-state index is 12.3. The molecule has 7 heteroatoms. The quantitative estimate of drug-likeness (QED) is 0.530. The summed E-state index contributed by atoms with van der Waals surface area (Å²) in [5, 5.41) is 17.3. The summed E-state index contributed by atoms with van der Waals surface area (Å²) in [6, 6.07) is 15.7. The molecule has 0 aliphatic heterocycles. The van der Waals surface area contributed by atoms with Gasteiger partial charge in [0.2, 0.25) is 5.91 Å². The molecule has 0 aliphatic rings. The summed E-state index contributed by atoms with van der Waals surface area (Å²) in [5.41, 5.74) is 2.25. The Labute approximate surface area is 164 Å². The van der Waals surface area contributed by atoms with Gasteiger partial charge in [-0.3, -0.25) is 9.59 Å². The number of urea groups is 1. The number of carbonyl (C=O) groups is 3. The molecular formula is C21H25N3O4. The summed E-state index contributed by atoms with van der Waals surface area (Å²) in [6.45, 7) is 1.77. The number of aliphatic carboxylic acids is 1. The van der Waals surface area contributed by atoms with Gasteiger partial charge < -0.3 is 21.1 Å². The molecule has 0 spiro atoms. The Kier molecular flexibility index (Phi) is 8.02. The van der Waals surface area contributed by atoms with Crippen molar-refractivity contribution >= 4 is 29.3 Å². The molecule has 0 heterocycles. The predicted octanol–water partition coefficient (Wildman–Crippen LogP) is 3.63. The van der Waals surface area contributed by atoms with Gasteiger partial charge in [0.25, 0.3) is 0 Å². The summed E-state index contributed by atoms with van der Waals surface area (Å²) in [6.07, 6.45) is 1.24. The topological polar surface area (TPSA) is 108 Å². The number of anilines is 2. The van der Waals surface area contributed by atoms with Crippen LogP contribution in [0.4, 0.5) is 16.2 Å². The van der Waals surface area contributed by atoms with Crippen molar-refractivity contribution < 1.29 is 19.5 Å². The third kappa shape index (κ3) is 7.49. The first-order chi connectivity index (χ1) is 13.5. The Morgan fingerprint density at radius 3 is 2.11 bits per heavy atom. The zero-order valence-corrected chi connectivity index (χ0v) is 15.8. The fraction of sp³-hybridized carbons (Fsp3) is 0.286. The molecule has 4 N–H and O–H groups in total. The van der Waals surface area contributed by atoms with Gasteiger partial charge in [0.15, 0.2) is 0 Å². The number of rotatable bonds is 9. The number of benzene rings is 2. The van der Waals surface area contributed by atoms with E-state index in [1.165, 1.54) is 0 Å². The van der Waals surface area contributed by atoms with Gasteiger partial charge >= 0.3 is 12.0 Å². The molecule has 3 amide bonds. The average molecular weight is 383 g/mol. The molecule has 1 unspecified atom stereocenters. The van der Waals surface area contributed by atoms with Crippen LogP contribution < -0.4 is 16.0 Å². The van der Waals surface area contributed by atoms with Gasteiger partial charge in [-0.2, -0.15) is 0 Å².